The van der Waals surface area contributed by atoms with Gasteiger partial charge in [-0.1, -0.05) is 24.8 Å². The third-order valence-electron chi connectivity index (χ3n) is 6.39. The van der Waals surface area contributed by atoms with Crippen LogP contribution in [0.15, 0.2) is 60.6 Å². The highest BCUT2D eigenvalue weighted by molar-refractivity contribution is 6.31. The Kier molecular flexibility index (Phi) is 7.83. The van der Waals surface area contributed by atoms with E-state index in [1.54, 1.807) is 0 Å². The van der Waals surface area contributed by atoms with E-state index in [0.29, 0.717) is 12.1 Å². The largest absolute Gasteiger partial charge is 0.416 e. The number of hydrogen-bond acceptors (Lipinski definition) is 4. The van der Waals surface area contributed by atoms with E-state index in [1.165, 1.54) is 12.1 Å². The highest BCUT2D eigenvalue weighted by Gasteiger charge is 2.37. The molecule has 0 aliphatic carbocycles. The van der Waals surface area contributed by atoms with Crippen LogP contribution < -0.4 is 16.4 Å². The molecule has 3 aromatic carbocycles. The maximum atomic E-state index is 14.2. The van der Waals surface area contributed by atoms with E-state index < -0.39 is 47.7 Å². The number of rotatable bonds is 6. The molecule has 0 radical (unpaired) electrons. The Morgan fingerprint density at radius 1 is 1.05 bits per heavy atom. The van der Waals surface area contributed by atoms with Crippen molar-refractivity contribution in [3.05, 3.63) is 106 Å². The molecule has 0 amide bonds. The van der Waals surface area contributed by atoms with Crippen molar-refractivity contribution < 1.29 is 35.1 Å². The monoisotopic (exact) mass is 600 g/mol. The first-order valence-corrected chi connectivity index (χ1v) is 12.1. The van der Waals surface area contributed by atoms with Crippen LogP contribution in [-0.2, 0) is 6.18 Å². The Balaban J connectivity index is 1.94. The highest BCUT2D eigenvalue weighted by Crippen LogP contribution is 2.47. The van der Waals surface area contributed by atoms with Crippen LogP contribution in [0.3, 0.4) is 0 Å². The lowest BCUT2D eigenvalue weighted by Crippen LogP contribution is -2.19. The van der Waals surface area contributed by atoms with Gasteiger partial charge in [-0.15, -0.1) is 0 Å². The van der Waals surface area contributed by atoms with E-state index >= 15 is 0 Å². The SMILES string of the molecule is C=C(Nc1cc(C(CC(F)(F)F)=NC)c(N)c2c1C(c1cc(F)ccc1Cl)NC2=C)c1cc(F)cc(C(F)(F)F)c1. The number of nitrogens with zero attached hydrogens (tertiary/aromatic N) is 1. The van der Waals surface area contributed by atoms with E-state index in [4.69, 9.17) is 17.3 Å². The smallest absolute Gasteiger partial charge is 0.398 e. The minimum absolute atomic E-state index is 0.0202. The molecule has 13 heteroatoms. The molecule has 3 aromatic rings. The topological polar surface area (TPSA) is 62.4 Å². The van der Waals surface area contributed by atoms with Gasteiger partial charge in [0.05, 0.1) is 29.4 Å². The molecule has 4 N–H and O–H groups in total. The summed E-state index contributed by atoms with van der Waals surface area (Å²) >= 11 is 6.34. The van der Waals surface area contributed by atoms with Crippen LogP contribution in [0.4, 0.5) is 46.5 Å². The first-order chi connectivity index (χ1) is 19.0. The van der Waals surface area contributed by atoms with E-state index in [9.17, 15) is 35.1 Å². The molecule has 4 rings (SSSR count). The summed E-state index contributed by atoms with van der Waals surface area (Å²) in [5.41, 5.74) is 4.67. The molecule has 1 unspecified atom stereocenters. The van der Waals surface area contributed by atoms with Gasteiger partial charge in [0.15, 0.2) is 0 Å². The van der Waals surface area contributed by atoms with Gasteiger partial charge in [-0.3, -0.25) is 4.99 Å². The molecule has 0 aromatic heterocycles. The number of benzene rings is 3. The highest BCUT2D eigenvalue weighted by atomic mass is 35.5. The van der Waals surface area contributed by atoms with Crippen molar-refractivity contribution in [2.75, 3.05) is 18.1 Å². The molecule has 41 heavy (non-hydrogen) atoms. The van der Waals surface area contributed by atoms with Gasteiger partial charge >= 0.3 is 12.4 Å². The molecule has 216 valence electrons. The second kappa shape index (κ2) is 10.7. The maximum absolute atomic E-state index is 14.2. The van der Waals surface area contributed by atoms with Gasteiger partial charge in [0, 0.05) is 57.0 Å². The van der Waals surface area contributed by atoms with Crippen molar-refractivity contribution in [3.8, 4) is 0 Å². The van der Waals surface area contributed by atoms with Gasteiger partial charge in [0.25, 0.3) is 0 Å². The predicted octanol–water partition coefficient (Wildman–Crippen LogP) is 8.34. The van der Waals surface area contributed by atoms with Crippen LogP contribution in [0.2, 0.25) is 5.02 Å². The second-order valence-corrected chi connectivity index (χ2v) is 9.60. The lowest BCUT2D eigenvalue weighted by atomic mass is 9.90. The lowest BCUT2D eigenvalue weighted by Gasteiger charge is -2.22. The van der Waals surface area contributed by atoms with Crippen molar-refractivity contribution in [3.63, 3.8) is 0 Å². The number of halogens is 9. The number of hydrogen-bond donors (Lipinski definition) is 3. The van der Waals surface area contributed by atoms with Crippen molar-refractivity contribution in [1.82, 2.24) is 5.32 Å². The van der Waals surface area contributed by atoms with Crippen LogP contribution >= 0.6 is 11.6 Å². The van der Waals surface area contributed by atoms with Crippen LogP contribution in [0.25, 0.3) is 11.4 Å². The minimum Gasteiger partial charge on any atom is -0.398 e. The molecule has 1 aliphatic rings. The number of fused-ring (bicyclic) bond motifs is 1. The molecular weight excluding hydrogens is 580 g/mol. The summed E-state index contributed by atoms with van der Waals surface area (Å²) in [6.07, 6.45) is -11.0. The Bertz CT molecular complexity index is 1590. The zero-order chi connectivity index (χ0) is 30.4. The average Bonchev–Trinajstić information content (AvgIpc) is 3.21. The zero-order valence-electron chi connectivity index (χ0n) is 21.2. The van der Waals surface area contributed by atoms with Crippen molar-refractivity contribution in [2.45, 2.75) is 24.8 Å². The molecule has 1 atom stereocenters. The number of alkyl halides is 6. The molecule has 4 nitrogen and oxygen atoms in total. The number of nitrogens with two attached hydrogens (primary N) is 1. The Morgan fingerprint density at radius 3 is 2.34 bits per heavy atom. The fourth-order valence-electron chi connectivity index (χ4n) is 4.62. The Labute approximate surface area is 234 Å². The summed E-state index contributed by atoms with van der Waals surface area (Å²) in [5, 5.41) is 5.92. The molecule has 1 heterocycles. The van der Waals surface area contributed by atoms with E-state index in [-0.39, 0.29) is 55.6 Å². The normalized spacial score (nSPS) is 15.5. The average molecular weight is 601 g/mol. The van der Waals surface area contributed by atoms with Gasteiger partial charge in [0.2, 0.25) is 0 Å². The van der Waals surface area contributed by atoms with E-state index in [1.807, 2.05) is 0 Å². The molecule has 0 saturated heterocycles. The fraction of sp³-hybridized carbons (Fsp3) is 0.179. The molecule has 0 spiro atoms. The number of nitrogen functional groups attached to an aromatic ring is 1. The second-order valence-electron chi connectivity index (χ2n) is 9.19. The Morgan fingerprint density at radius 2 is 1.73 bits per heavy atom. The third kappa shape index (κ3) is 6.17. The lowest BCUT2D eigenvalue weighted by molar-refractivity contribution is -0.137. The quantitative estimate of drug-likeness (QED) is 0.151. The summed E-state index contributed by atoms with van der Waals surface area (Å²) < 4.78 is 108. The van der Waals surface area contributed by atoms with Crippen LogP contribution in [0.1, 0.15) is 45.8 Å². The molecule has 0 fully saturated rings. The summed E-state index contributed by atoms with van der Waals surface area (Å²) in [7, 11) is 1.15. The number of aliphatic imine (C=N–C) groups is 1. The van der Waals surface area contributed by atoms with Crippen molar-refractivity contribution in [1.29, 1.82) is 0 Å². The van der Waals surface area contributed by atoms with Crippen molar-refractivity contribution in [2.24, 2.45) is 4.99 Å². The van der Waals surface area contributed by atoms with Gasteiger partial charge < -0.3 is 16.4 Å². The fourth-order valence-corrected chi connectivity index (χ4v) is 4.84. The van der Waals surface area contributed by atoms with E-state index in [2.05, 4.69) is 28.8 Å². The molecular formula is C28H21ClF8N4. The first-order valence-electron chi connectivity index (χ1n) is 11.7. The summed E-state index contributed by atoms with van der Waals surface area (Å²) in [4.78, 5) is 3.76. The minimum atomic E-state index is -4.86. The summed E-state index contributed by atoms with van der Waals surface area (Å²) in [6, 6.07) is 5.63. The van der Waals surface area contributed by atoms with Gasteiger partial charge in [-0.05, 0) is 42.5 Å². The first kappa shape index (κ1) is 29.9. The van der Waals surface area contributed by atoms with Gasteiger partial charge in [-0.25, -0.2) is 8.78 Å². The van der Waals surface area contributed by atoms with E-state index in [0.717, 1.165) is 25.2 Å². The van der Waals surface area contributed by atoms with Gasteiger partial charge in [-0.2, -0.15) is 26.3 Å². The molecule has 0 bridgehead atoms. The summed E-state index contributed by atoms with van der Waals surface area (Å²) in [6.45, 7) is 7.62. The van der Waals surface area contributed by atoms with Crippen LogP contribution in [-0.4, -0.2) is 18.9 Å². The Hall–Kier alpha value is -4.06. The van der Waals surface area contributed by atoms with Crippen LogP contribution in [0.5, 0.6) is 0 Å². The van der Waals surface area contributed by atoms with Gasteiger partial charge in [0.1, 0.15) is 11.6 Å². The number of anilines is 2. The molecule has 1 aliphatic heterocycles. The standard InChI is InChI=1S/C28H21ClF8N4/c1-12(14-6-15(28(35,36)37)8-17(31)7-14)40-21-10-19(22(39-3)11-27(32,33)34)25(38)23-13(2)41-26(24(21)23)18-9-16(30)4-5-20(18)29/h4-10,26,40-41H,1-2,11,38H2,3H3. The maximum Gasteiger partial charge on any atom is 0.416 e. The zero-order valence-corrected chi connectivity index (χ0v) is 21.9. The third-order valence-corrected chi connectivity index (χ3v) is 6.74. The number of nitrogens with one attached hydrogen (secondary N) is 2. The predicted molar refractivity (Wildman–Crippen MR) is 143 cm³/mol. The molecule has 0 saturated carbocycles. The van der Waals surface area contributed by atoms with Crippen LogP contribution in [0, 0.1) is 11.6 Å². The summed E-state index contributed by atoms with van der Waals surface area (Å²) in [5.74, 6) is -1.83. The van der Waals surface area contributed by atoms with Crippen molar-refractivity contribution >= 4 is 40.1 Å².